The Labute approximate surface area is 251 Å². The summed E-state index contributed by atoms with van der Waals surface area (Å²) in [5, 5.41) is 0.458. The number of fused-ring (bicyclic) bond motifs is 1. The number of amides is 1. The number of rotatable bonds is 12. The van der Waals surface area contributed by atoms with Crippen LogP contribution in [0.5, 0.6) is 23.0 Å². The molecule has 0 fully saturated rings. The van der Waals surface area contributed by atoms with Crippen molar-refractivity contribution in [2.24, 2.45) is 0 Å². The summed E-state index contributed by atoms with van der Waals surface area (Å²) in [6.07, 6.45) is -2.28. The van der Waals surface area contributed by atoms with Crippen LogP contribution in [0.4, 0.5) is 5.69 Å². The molecule has 0 radical (unpaired) electrons. The number of hydrogen-bond acceptors (Lipinski definition) is 8. The Balaban J connectivity index is 1.91. The fourth-order valence-electron chi connectivity index (χ4n) is 4.94. The molecule has 4 rings (SSSR count). The van der Waals surface area contributed by atoms with E-state index in [-0.39, 0.29) is 19.6 Å². The van der Waals surface area contributed by atoms with Gasteiger partial charge in [-0.15, -0.1) is 0 Å². The van der Waals surface area contributed by atoms with Gasteiger partial charge < -0.3 is 33.3 Å². The van der Waals surface area contributed by atoms with Crippen molar-refractivity contribution < 1.29 is 38.0 Å². The second-order valence-corrected chi connectivity index (χ2v) is 9.80. The molecule has 1 heterocycles. The smallest absolute Gasteiger partial charge is 0.308 e. The first-order chi connectivity index (χ1) is 20.3. The lowest BCUT2D eigenvalue weighted by atomic mass is 9.97. The third kappa shape index (κ3) is 6.74. The second-order valence-electron chi connectivity index (χ2n) is 9.36. The van der Waals surface area contributed by atoms with Crippen LogP contribution < -0.4 is 23.8 Å². The number of benzene rings is 3. The Kier molecular flexibility index (Phi) is 10.5. The van der Waals surface area contributed by atoms with Crippen LogP contribution in [0.15, 0.2) is 54.6 Å². The van der Waals surface area contributed by atoms with Crippen molar-refractivity contribution >= 4 is 29.2 Å². The van der Waals surface area contributed by atoms with Gasteiger partial charge in [0, 0.05) is 27.8 Å². The minimum absolute atomic E-state index is 0.132. The number of anilines is 1. The summed E-state index contributed by atoms with van der Waals surface area (Å²) in [6.45, 7) is 6.59. The molecule has 0 aliphatic carbocycles. The van der Waals surface area contributed by atoms with E-state index in [4.69, 9.17) is 40.0 Å². The first kappa shape index (κ1) is 31.0. The van der Waals surface area contributed by atoms with E-state index >= 15 is 0 Å². The fraction of sp³-hybridized carbons (Fsp3) is 0.375. The minimum atomic E-state index is -1.17. The number of hydrogen-bond donors (Lipinski definition) is 0. The molecule has 0 spiro atoms. The molecule has 3 aromatic carbocycles. The van der Waals surface area contributed by atoms with Crippen molar-refractivity contribution in [2.45, 2.75) is 45.9 Å². The summed E-state index contributed by atoms with van der Waals surface area (Å²) >= 11 is 6.53. The summed E-state index contributed by atoms with van der Waals surface area (Å²) in [5.74, 6) is 1.24. The zero-order valence-electron chi connectivity index (χ0n) is 24.5. The second kappa shape index (κ2) is 14.3. The zero-order valence-corrected chi connectivity index (χ0v) is 25.2. The van der Waals surface area contributed by atoms with Gasteiger partial charge in [0.05, 0.1) is 52.7 Å². The summed E-state index contributed by atoms with van der Waals surface area (Å²) < 4.78 is 34.7. The highest BCUT2D eigenvalue weighted by Gasteiger charge is 2.39. The lowest BCUT2D eigenvalue weighted by molar-refractivity contribution is -0.151. The van der Waals surface area contributed by atoms with E-state index < -0.39 is 24.1 Å². The predicted molar refractivity (Wildman–Crippen MR) is 159 cm³/mol. The number of ether oxygens (including phenoxy) is 6. The molecule has 1 amide bonds. The van der Waals surface area contributed by atoms with E-state index in [1.54, 1.807) is 56.4 Å². The van der Waals surface area contributed by atoms with Gasteiger partial charge in [0.15, 0.2) is 11.5 Å². The van der Waals surface area contributed by atoms with Gasteiger partial charge in [0.25, 0.3) is 5.91 Å². The van der Waals surface area contributed by atoms with Crippen LogP contribution in [-0.2, 0) is 25.6 Å². The third-order valence-corrected chi connectivity index (χ3v) is 7.00. The lowest BCUT2D eigenvalue weighted by Gasteiger charge is -2.26. The maximum Gasteiger partial charge on any atom is 0.308 e. The van der Waals surface area contributed by atoms with Crippen molar-refractivity contribution in [3.63, 3.8) is 0 Å². The Bertz CT molecular complexity index is 1410. The number of carbonyl (C=O) groups excluding carboxylic acids is 2. The molecule has 3 aromatic rings. The molecule has 0 saturated carbocycles. The third-order valence-electron chi connectivity index (χ3n) is 6.77. The van der Waals surface area contributed by atoms with Crippen molar-refractivity contribution in [3.05, 3.63) is 76.3 Å². The number of para-hydroxylation sites is 1. The standard InChI is InChI=1S/C32H36ClNO8/c1-6-39-26-11-9-10-23(31(26)41-8-3)30-24-16-21(33)13-15-25(24)34(32(36)28(42-30)18-29(35)40-7-2)19-20-12-14-22(37-4)17-27(20)38-5/h9-17,28,30H,6-8,18-19H2,1-5H3/t28-,30-/m1/s1. The molecule has 1 aliphatic rings. The van der Waals surface area contributed by atoms with E-state index in [1.165, 1.54) is 0 Å². The van der Waals surface area contributed by atoms with E-state index in [2.05, 4.69) is 0 Å². The molecule has 2 atom stereocenters. The number of nitrogens with zero attached hydrogens (tertiary/aromatic N) is 1. The Morgan fingerprint density at radius 1 is 0.905 bits per heavy atom. The normalized spacial score (nSPS) is 16.3. The molecule has 0 N–H and O–H groups in total. The topological polar surface area (TPSA) is 92.8 Å². The van der Waals surface area contributed by atoms with Gasteiger partial charge in [-0.1, -0.05) is 23.7 Å². The van der Waals surface area contributed by atoms with Crippen molar-refractivity contribution in [1.82, 2.24) is 0 Å². The summed E-state index contributed by atoms with van der Waals surface area (Å²) in [6, 6.07) is 16.2. The number of halogens is 1. The maximum atomic E-state index is 14.3. The first-order valence-electron chi connectivity index (χ1n) is 13.9. The molecule has 0 aromatic heterocycles. The molecule has 0 saturated heterocycles. The first-order valence-corrected chi connectivity index (χ1v) is 14.2. The van der Waals surface area contributed by atoms with E-state index in [0.29, 0.717) is 58.0 Å². The van der Waals surface area contributed by atoms with Crippen LogP contribution in [0.3, 0.4) is 0 Å². The van der Waals surface area contributed by atoms with Gasteiger partial charge in [-0.3, -0.25) is 9.59 Å². The Morgan fingerprint density at radius 2 is 1.69 bits per heavy atom. The lowest BCUT2D eigenvalue weighted by Crippen LogP contribution is -2.40. The van der Waals surface area contributed by atoms with E-state index in [9.17, 15) is 9.59 Å². The SMILES string of the molecule is CCOC(=O)C[C@H]1O[C@H](c2cccc(OCC)c2OCC)c2cc(Cl)ccc2N(Cc2ccc(OC)cc2OC)C1=O. The molecule has 42 heavy (non-hydrogen) atoms. The maximum absolute atomic E-state index is 14.3. The van der Waals surface area contributed by atoms with Crippen LogP contribution in [0.25, 0.3) is 0 Å². The molecule has 9 nitrogen and oxygen atoms in total. The minimum Gasteiger partial charge on any atom is -0.497 e. The van der Waals surface area contributed by atoms with Gasteiger partial charge in [0.2, 0.25) is 0 Å². The average Bonchev–Trinajstić information content (AvgIpc) is 3.09. The van der Waals surface area contributed by atoms with Gasteiger partial charge in [-0.05, 0) is 57.2 Å². The highest BCUT2D eigenvalue weighted by Crippen LogP contribution is 2.46. The summed E-state index contributed by atoms with van der Waals surface area (Å²) in [5.41, 5.74) is 2.57. The van der Waals surface area contributed by atoms with Crippen LogP contribution in [0.2, 0.25) is 5.02 Å². The Morgan fingerprint density at radius 3 is 2.38 bits per heavy atom. The molecule has 224 valence electrons. The van der Waals surface area contributed by atoms with Crippen molar-refractivity contribution in [1.29, 1.82) is 0 Å². The monoisotopic (exact) mass is 597 g/mol. The molecule has 10 heteroatoms. The van der Waals surface area contributed by atoms with Crippen LogP contribution in [-0.4, -0.2) is 52.0 Å². The molecular weight excluding hydrogens is 562 g/mol. The largest absolute Gasteiger partial charge is 0.497 e. The number of carbonyl (C=O) groups is 2. The van der Waals surface area contributed by atoms with Gasteiger partial charge in [0.1, 0.15) is 23.7 Å². The molecule has 0 bridgehead atoms. The van der Waals surface area contributed by atoms with Gasteiger partial charge >= 0.3 is 5.97 Å². The average molecular weight is 598 g/mol. The fourth-order valence-corrected chi connectivity index (χ4v) is 5.12. The van der Waals surface area contributed by atoms with Gasteiger partial charge in [-0.2, -0.15) is 0 Å². The van der Waals surface area contributed by atoms with E-state index in [0.717, 1.165) is 5.56 Å². The van der Waals surface area contributed by atoms with Gasteiger partial charge in [-0.25, -0.2) is 0 Å². The van der Waals surface area contributed by atoms with Crippen LogP contribution in [0.1, 0.15) is 50.0 Å². The quantitative estimate of drug-likeness (QED) is 0.230. The van der Waals surface area contributed by atoms with E-state index in [1.807, 2.05) is 38.1 Å². The van der Waals surface area contributed by atoms with Crippen LogP contribution in [0, 0.1) is 0 Å². The zero-order chi connectivity index (χ0) is 30.2. The molecule has 1 aliphatic heterocycles. The number of methoxy groups -OCH3 is 2. The highest BCUT2D eigenvalue weighted by atomic mass is 35.5. The number of esters is 1. The molecule has 0 unspecified atom stereocenters. The highest BCUT2D eigenvalue weighted by molar-refractivity contribution is 6.30. The molecular formula is C32H36ClNO8. The van der Waals surface area contributed by atoms with Crippen molar-refractivity contribution in [3.8, 4) is 23.0 Å². The Hall–Kier alpha value is -3.95. The van der Waals surface area contributed by atoms with Crippen LogP contribution >= 0.6 is 11.6 Å². The predicted octanol–water partition coefficient (Wildman–Crippen LogP) is 6.13. The summed E-state index contributed by atoms with van der Waals surface area (Å²) in [7, 11) is 3.13. The summed E-state index contributed by atoms with van der Waals surface area (Å²) in [4.78, 5) is 28.6. The van der Waals surface area contributed by atoms with Crippen molar-refractivity contribution in [2.75, 3.05) is 38.9 Å².